The smallest absolute Gasteiger partial charge is 0.159 e. The molecular weight excluding hydrogens is 292 g/mol. The maximum Gasteiger partial charge on any atom is 0.159 e. The van der Waals surface area contributed by atoms with E-state index in [2.05, 4.69) is 22.2 Å². The van der Waals surface area contributed by atoms with Crippen LogP contribution in [0, 0.1) is 11.6 Å². The molecule has 3 nitrogen and oxygen atoms in total. The molecule has 0 aliphatic rings. The molecule has 0 spiro atoms. The number of halogens is 2. The second-order valence-corrected chi connectivity index (χ2v) is 5.53. The molecule has 0 aliphatic carbocycles. The molecule has 21 heavy (non-hydrogen) atoms. The highest BCUT2D eigenvalue weighted by atomic mass is 32.2. The van der Waals surface area contributed by atoms with Gasteiger partial charge in [-0.25, -0.2) is 18.7 Å². The van der Waals surface area contributed by atoms with Crippen molar-refractivity contribution in [1.82, 2.24) is 9.97 Å². The quantitative estimate of drug-likeness (QED) is 0.808. The fraction of sp³-hybridized carbons (Fsp3) is 0.333. The summed E-state index contributed by atoms with van der Waals surface area (Å²) in [6.07, 6.45) is 3.25. The lowest BCUT2D eigenvalue weighted by molar-refractivity contribution is 0.506. The Morgan fingerprint density at radius 1 is 1.14 bits per heavy atom. The summed E-state index contributed by atoms with van der Waals surface area (Å²) in [5.41, 5.74) is 0.987. The van der Waals surface area contributed by atoms with E-state index in [9.17, 15) is 8.78 Å². The molecular formula is C15H17F2N3S. The number of hydrogen-bond donors (Lipinski definition) is 1. The van der Waals surface area contributed by atoms with Crippen LogP contribution in [0.15, 0.2) is 34.4 Å². The normalized spacial score (nSPS) is 10.7. The molecule has 0 radical (unpaired) electrons. The van der Waals surface area contributed by atoms with Crippen LogP contribution in [0.4, 0.5) is 14.6 Å². The molecule has 6 heteroatoms. The van der Waals surface area contributed by atoms with E-state index in [4.69, 9.17) is 0 Å². The summed E-state index contributed by atoms with van der Waals surface area (Å²) in [7, 11) is 0. The summed E-state index contributed by atoms with van der Waals surface area (Å²) in [6.45, 7) is 4.93. The standard InChI is InChI=1S/C15H17F2N3S/c1-3-7-18-14-11(4-2)15(20-9-19-14)21-10-5-6-12(16)13(17)8-10/h5-6,8-9H,3-4,7H2,1-2H3,(H,18,19,20). The Balaban J connectivity index is 2.28. The molecule has 1 N–H and O–H groups in total. The third-order valence-corrected chi connectivity index (χ3v) is 3.94. The van der Waals surface area contributed by atoms with Crippen LogP contribution in [0.2, 0.25) is 0 Å². The summed E-state index contributed by atoms with van der Waals surface area (Å²) >= 11 is 1.31. The molecule has 0 saturated carbocycles. The van der Waals surface area contributed by atoms with Gasteiger partial charge in [-0.3, -0.25) is 0 Å². The molecule has 0 fully saturated rings. The van der Waals surface area contributed by atoms with E-state index in [0.29, 0.717) is 4.90 Å². The first-order chi connectivity index (χ1) is 10.2. The van der Waals surface area contributed by atoms with Gasteiger partial charge in [0.25, 0.3) is 0 Å². The number of aromatic nitrogens is 2. The summed E-state index contributed by atoms with van der Waals surface area (Å²) in [6, 6.07) is 3.85. The monoisotopic (exact) mass is 309 g/mol. The lowest BCUT2D eigenvalue weighted by Gasteiger charge is -2.12. The van der Waals surface area contributed by atoms with Gasteiger partial charge in [-0.2, -0.15) is 0 Å². The van der Waals surface area contributed by atoms with Crippen molar-refractivity contribution in [2.45, 2.75) is 36.6 Å². The number of benzene rings is 1. The highest BCUT2D eigenvalue weighted by Gasteiger charge is 2.12. The van der Waals surface area contributed by atoms with Crippen LogP contribution >= 0.6 is 11.8 Å². The van der Waals surface area contributed by atoms with Gasteiger partial charge in [0.1, 0.15) is 17.2 Å². The van der Waals surface area contributed by atoms with Gasteiger partial charge in [0, 0.05) is 17.0 Å². The summed E-state index contributed by atoms with van der Waals surface area (Å²) in [5, 5.41) is 4.02. The van der Waals surface area contributed by atoms with E-state index in [1.165, 1.54) is 24.2 Å². The third kappa shape index (κ3) is 3.91. The van der Waals surface area contributed by atoms with Crippen LogP contribution in [0.1, 0.15) is 25.8 Å². The molecule has 0 saturated heterocycles. The first kappa shape index (κ1) is 15.7. The minimum atomic E-state index is -0.851. The minimum Gasteiger partial charge on any atom is -0.370 e. The Kier molecular flexibility index (Phi) is 5.50. The lowest BCUT2D eigenvalue weighted by atomic mass is 10.2. The van der Waals surface area contributed by atoms with Crippen LogP contribution in [0.3, 0.4) is 0 Å². The highest BCUT2D eigenvalue weighted by molar-refractivity contribution is 7.99. The highest BCUT2D eigenvalue weighted by Crippen LogP contribution is 2.32. The predicted molar refractivity (Wildman–Crippen MR) is 80.7 cm³/mol. The van der Waals surface area contributed by atoms with Crippen molar-refractivity contribution in [2.24, 2.45) is 0 Å². The molecule has 2 rings (SSSR count). The second-order valence-electron chi connectivity index (χ2n) is 4.46. The molecule has 112 valence electrons. The van der Waals surface area contributed by atoms with Crippen molar-refractivity contribution < 1.29 is 8.78 Å². The van der Waals surface area contributed by atoms with Gasteiger partial charge < -0.3 is 5.32 Å². The zero-order valence-electron chi connectivity index (χ0n) is 12.0. The Labute approximate surface area is 127 Å². The zero-order valence-corrected chi connectivity index (χ0v) is 12.8. The second kappa shape index (κ2) is 7.36. The van der Waals surface area contributed by atoms with Gasteiger partial charge in [0.05, 0.1) is 0 Å². The average molecular weight is 309 g/mol. The van der Waals surface area contributed by atoms with E-state index >= 15 is 0 Å². The van der Waals surface area contributed by atoms with Gasteiger partial charge in [-0.05, 0) is 31.0 Å². The van der Waals surface area contributed by atoms with E-state index < -0.39 is 11.6 Å². The first-order valence-electron chi connectivity index (χ1n) is 6.86. The van der Waals surface area contributed by atoms with Crippen molar-refractivity contribution in [2.75, 3.05) is 11.9 Å². The van der Waals surface area contributed by atoms with Crippen molar-refractivity contribution in [3.8, 4) is 0 Å². The molecule has 1 heterocycles. The van der Waals surface area contributed by atoms with Gasteiger partial charge in [0.15, 0.2) is 11.6 Å². The predicted octanol–water partition coefficient (Wildman–Crippen LogP) is 4.29. The van der Waals surface area contributed by atoms with Gasteiger partial charge in [-0.1, -0.05) is 25.6 Å². The maximum absolute atomic E-state index is 13.3. The fourth-order valence-corrected chi connectivity index (χ4v) is 2.84. The molecule has 1 aromatic carbocycles. The lowest BCUT2D eigenvalue weighted by Crippen LogP contribution is -2.06. The number of hydrogen-bond acceptors (Lipinski definition) is 4. The van der Waals surface area contributed by atoms with Crippen molar-refractivity contribution in [1.29, 1.82) is 0 Å². The Hall–Kier alpha value is -1.69. The maximum atomic E-state index is 13.3. The van der Waals surface area contributed by atoms with Gasteiger partial charge >= 0.3 is 0 Å². The van der Waals surface area contributed by atoms with Crippen molar-refractivity contribution in [3.05, 3.63) is 41.7 Å². The number of anilines is 1. The zero-order chi connectivity index (χ0) is 15.2. The minimum absolute atomic E-state index is 0.615. The molecule has 0 atom stereocenters. The van der Waals surface area contributed by atoms with Crippen molar-refractivity contribution in [3.63, 3.8) is 0 Å². The number of nitrogens with zero attached hydrogens (tertiary/aromatic N) is 2. The Morgan fingerprint density at radius 3 is 2.62 bits per heavy atom. The fourth-order valence-electron chi connectivity index (χ4n) is 1.85. The summed E-state index contributed by atoms with van der Waals surface area (Å²) in [4.78, 5) is 9.13. The van der Waals surface area contributed by atoms with E-state index in [-0.39, 0.29) is 0 Å². The first-order valence-corrected chi connectivity index (χ1v) is 7.68. The summed E-state index contributed by atoms with van der Waals surface area (Å²) in [5.74, 6) is -0.890. The van der Waals surface area contributed by atoms with E-state index in [1.54, 1.807) is 6.07 Å². The van der Waals surface area contributed by atoms with Crippen LogP contribution in [0.25, 0.3) is 0 Å². The van der Waals surface area contributed by atoms with Crippen LogP contribution in [-0.4, -0.2) is 16.5 Å². The molecule has 0 amide bonds. The van der Waals surface area contributed by atoms with Crippen LogP contribution < -0.4 is 5.32 Å². The number of nitrogens with one attached hydrogen (secondary N) is 1. The van der Waals surface area contributed by atoms with E-state index in [0.717, 1.165) is 41.9 Å². The largest absolute Gasteiger partial charge is 0.370 e. The van der Waals surface area contributed by atoms with E-state index in [1.807, 2.05) is 6.92 Å². The third-order valence-electron chi connectivity index (χ3n) is 2.91. The van der Waals surface area contributed by atoms with Gasteiger partial charge in [-0.15, -0.1) is 0 Å². The van der Waals surface area contributed by atoms with Crippen LogP contribution in [-0.2, 0) is 6.42 Å². The Bertz CT molecular complexity index is 620. The molecule has 0 unspecified atom stereocenters. The van der Waals surface area contributed by atoms with Crippen LogP contribution in [0.5, 0.6) is 0 Å². The SMILES string of the molecule is CCCNc1ncnc(Sc2ccc(F)c(F)c2)c1CC. The molecule has 1 aromatic heterocycles. The Morgan fingerprint density at radius 2 is 1.95 bits per heavy atom. The van der Waals surface area contributed by atoms with Crippen molar-refractivity contribution >= 4 is 17.6 Å². The summed E-state index contributed by atoms with van der Waals surface area (Å²) < 4.78 is 26.2. The average Bonchev–Trinajstić information content (AvgIpc) is 2.49. The molecule has 2 aromatic rings. The molecule has 0 bridgehead atoms. The van der Waals surface area contributed by atoms with Gasteiger partial charge in [0.2, 0.25) is 0 Å². The molecule has 0 aliphatic heterocycles. The number of rotatable bonds is 6. The topological polar surface area (TPSA) is 37.8 Å².